The van der Waals surface area contributed by atoms with Gasteiger partial charge < -0.3 is 11.1 Å². The smallest absolute Gasteiger partial charge is 0.224 e. The predicted molar refractivity (Wildman–Crippen MR) is 93.6 cm³/mol. The van der Waals surface area contributed by atoms with Crippen molar-refractivity contribution in [2.45, 2.75) is 19.4 Å². The molecule has 0 radical (unpaired) electrons. The molecule has 1 fully saturated rings. The van der Waals surface area contributed by atoms with Crippen molar-refractivity contribution in [3.63, 3.8) is 0 Å². The SMILES string of the molecule is NCCNC(=O)C1CCCN(Cc2cnn(-c3ccccc3)c2)C1. The van der Waals surface area contributed by atoms with Gasteiger partial charge in [0.25, 0.3) is 0 Å². The summed E-state index contributed by atoms with van der Waals surface area (Å²) in [6.07, 6.45) is 5.97. The molecular weight excluding hydrogens is 302 g/mol. The highest BCUT2D eigenvalue weighted by molar-refractivity contribution is 5.78. The average Bonchev–Trinajstić information content (AvgIpc) is 3.09. The molecule has 1 amide bonds. The second-order valence-electron chi connectivity index (χ2n) is 6.28. The van der Waals surface area contributed by atoms with E-state index in [2.05, 4.69) is 21.5 Å². The molecule has 24 heavy (non-hydrogen) atoms. The molecule has 1 saturated heterocycles. The molecule has 1 unspecified atom stereocenters. The lowest BCUT2D eigenvalue weighted by atomic mass is 9.97. The molecule has 3 rings (SSSR count). The summed E-state index contributed by atoms with van der Waals surface area (Å²) in [5.74, 6) is 0.194. The number of amides is 1. The zero-order valence-corrected chi connectivity index (χ0v) is 13.9. The molecule has 6 heteroatoms. The maximum atomic E-state index is 12.1. The molecule has 0 saturated carbocycles. The number of hydrogen-bond donors (Lipinski definition) is 2. The van der Waals surface area contributed by atoms with Crippen LogP contribution in [0.3, 0.4) is 0 Å². The van der Waals surface area contributed by atoms with Gasteiger partial charge in [-0.2, -0.15) is 5.10 Å². The van der Waals surface area contributed by atoms with Crippen molar-refractivity contribution < 1.29 is 4.79 Å². The predicted octanol–water partition coefficient (Wildman–Crippen LogP) is 1.16. The number of rotatable bonds is 6. The summed E-state index contributed by atoms with van der Waals surface area (Å²) in [6, 6.07) is 10.1. The van der Waals surface area contributed by atoms with E-state index in [0.29, 0.717) is 13.1 Å². The summed E-state index contributed by atoms with van der Waals surface area (Å²) in [5, 5.41) is 7.35. The first kappa shape index (κ1) is 16.7. The Morgan fingerprint density at radius 1 is 1.33 bits per heavy atom. The van der Waals surface area contributed by atoms with Crippen molar-refractivity contribution in [3.05, 3.63) is 48.3 Å². The number of piperidine rings is 1. The quantitative estimate of drug-likeness (QED) is 0.835. The number of carbonyl (C=O) groups excluding carboxylic acids is 1. The molecule has 0 bridgehead atoms. The second-order valence-corrected chi connectivity index (χ2v) is 6.28. The Morgan fingerprint density at radius 3 is 2.96 bits per heavy atom. The van der Waals surface area contributed by atoms with Crippen LogP contribution in [-0.4, -0.2) is 46.8 Å². The Labute approximate surface area is 142 Å². The van der Waals surface area contributed by atoms with Gasteiger partial charge in [0.1, 0.15) is 0 Å². The number of benzene rings is 1. The molecule has 1 atom stereocenters. The highest BCUT2D eigenvalue weighted by Gasteiger charge is 2.25. The number of nitrogens with zero attached hydrogens (tertiary/aromatic N) is 3. The topological polar surface area (TPSA) is 76.2 Å². The number of nitrogens with two attached hydrogens (primary N) is 1. The zero-order valence-electron chi connectivity index (χ0n) is 13.9. The van der Waals surface area contributed by atoms with Gasteiger partial charge in [-0.15, -0.1) is 0 Å². The standard InChI is InChI=1S/C18H25N5O/c19-8-9-20-18(24)16-5-4-10-22(14-16)12-15-11-21-23(13-15)17-6-2-1-3-7-17/h1-3,6-7,11,13,16H,4-5,8-10,12,14,19H2,(H,20,24). The number of likely N-dealkylation sites (tertiary alicyclic amines) is 1. The fourth-order valence-corrected chi connectivity index (χ4v) is 3.17. The molecule has 1 aliphatic rings. The molecule has 6 nitrogen and oxygen atoms in total. The number of para-hydroxylation sites is 1. The maximum absolute atomic E-state index is 12.1. The highest BCUT2D eigenvalue weighted by Crippen LogP contribution is 2.19. The van der Waals surface area contributed by atoms with E-state index in [-0.39, 0.29) is 11.8 Å². The molecule has 2 aromatic rings. The molecule has 2 heterocycles. The first-order chi connectivity index (χ1) is 11.8. The van der Waals surface area contributed by atoms with E-state index < -0.39 is 0 Å². The normalized spacial score (nSPS) is 18.5. The Hall–Kier alpha value is -2.18. The van der Waals surface area contributed by atoms with Gasteiger partial charge in [-0.1, -0.05) is 18.2 Å². The van der Waals surface area contributed by atoms with Gasteiger partial charge in [0.2, 0.25) is 5.91 Å². The largest absolute Gasteiger partial charge is 0.355 e. The summed E-state index contributed by atoms with van der Waals surface area (Å²) in [5.41, 5.74) is 7.68. The third kappa shape index (κ3) is 4.21. The lowest BCUT2D eigenvalue weighted by Crippen LogP contribution is -2.43. The monoisotopic (exact) mass is 327 g/mol. The van der Waals surface area contributed by atoms with Crippen molar-refractivity contribution in [1.82, 2.24) is 20.0 Å². The molecule has 0 spiro atoms. The summed E-state index contributed by atoms with van der Waals surface area (Å²) in [7, 11) is 0. The van der Waals surface area contributed by atoms with Gasteiger partial charge in [-0.25, -0.2) is 4.68 Å². The van der Waals surface area contributed by atoms with Gasteiger partial charge in [0.15, 0.2) is 0 Å². The fourth-order valence-electron chi connectivity index (χ4n) is 3.17. The van der Waals surface area contributed by atoms with Crippen LogP contribution in [0.2, 0.25) is 0 Å². The van der Waals surface area contributed by atoms with Crippen LogP contribution in [0.4, 0.5) is 0 Å². The van der Waals surface area contributed by atoms with Crippen LogP contribution in [0.5, 0.6) is 0 Å². The maximum Gasteiger partial charge on any atom is 0.224 e. The van der Waals surface area contributed by atoms with Crippen molar-refractivity contribution in [1.29, 1.82) is 0 Å². The van der Waals surface area contributed by atoms with Crippen molar-refractivity contribution in [2.75, 3.05) is 26.2 Å². The van der Waals surface area contributed by atoms with Crippen LogP contribution in [0.15, 0.2) is 42.7 Å². The first-order valence-electron chi connectivity index (χ1n) is 8.55. The van der Waals surface area contributed by atoms with E-state index in [9.17, 15) is 4.79 Å². The summed E-state index contributed by atoms with van der Waals surface area (Å²) in [6.45, 7) is 3.69. The van der Waals surface area contributed by atoms with Crippen molar-refractivity contribution in [3.8, 4) is 5.69 Å². The molecule has 1 aromatic heterocycles. The number of hydrogen-bond acceptors (Lipinski definition) is 4. The highest BCUT2D eigenvalue weighted by atomic mass is 16.1. The van der Waals surface area contributed by atoms with E-state index in [1.165, 1.54) is 5.56 Å². The minimum absolute atomic E-state index is 0.0643. The summed E-state index contributed by atoms with van der Waals surface area (Å²) < 4.78 is 1.89. The Morgan fingerprint density at radius 2 is 2.17 bits per heavy atom. The number of carbonyl (C=O) groups is 1. The zero-order chi connectivity index (χ0) is 16.8. The minimum atomic E-state index is 0.0643. The molecule has 1 aliphatic heterocycles. The Bertz CT molecular complexity index is 654. The fraction of sp³-hybridized carbons (Fsp3) is 0.444. The van der Waals surface area contributed by atoms with Gasteiger partial charge in [0, 0.05) is 37.9 Å². The molecule has 0 aliphatic carbocycles. The van der Waals surface area contributed by atoms with Gasteiger partial charge in [-0.05, 0) is 31.5 Å². The summed E-state index contributed by atoms with van der Waals surface area (Å²) >= 11 is 0. The molecule has 1 aromatic carbocycles. The van der Waals surface area contributed by atoms with Gasteiger partial charge in [0.05, 0.1) is 17.8 Å². The lowest BCUT2D eigenvalue weighted by molar-refractivity contribution is -0.126. The van der Waals surface area contributed by atoms with Gasteiger partial charge in [-0.3, -0.25) is 9.69 Å². The van der Waals surface area contributed by atoms with Crippen molar-refractivity contribution in [2.24, 2.45) is 11.7 Å². The van der Waals surface area contributed by atoms with Crippen molar-refractivity contribution >= 4 is 5.91 Å². The molecular formula is C18H25N5O. The lowest BCUT2D eigenvalue weighted by Gasteiger charge is -2.31. The Kier molecular flexibility index (Phi) is 5.61. The van der Waals surface area contributed by atoms with Crippen LogP contribution in [0, 0.1) is 5.92 Å². The second kappa shape index (κ2) is 8.08. The van der Waals surface area contributed by atoms with Crippen LogP contribution >= 0.6 is 0 Å². The first-order valence-corrected chi connectivity index (χ1v) is 8.55. The van der Waals surface area contributed by atoms with E-state index >= 15 is 0 Å². The van der Waals surface area contributed by atoms with Crippen LogP contribution in [0.25, 0.3) is 5.69 Å². The average molecular weight is 327 g/mol. The minimum Gasteiger partial charge on any atom is -0.355 e. The number of aromatic nitrogens is 2. The molecule has 128 valence electrons. The van der Waals surface area contributed by atoms with Gasteiger partial charge >= 0.3 is 0 Å². The van der Waals surface area contributed by atoms with Crippen LogP contribution in [0.1, 0.15) is 18.4 Å². The molecule has 3 N–H and O–H groups in total. The third-order valence-electron chi connectivity index (χ3n) is 4.38. The van der Waals surface area contributed by atoms with E-state index in [1.54, 1.807) is 0 Å². The van der Waals surface area contributed by atoms with Crippen LogP contribution in [-0.2, 0) is 11.3 Å². The Balaban J connectivity index is 1.58. The number of nitrogens with one attached hydrogen (secondary N) is 1. The van der Waals surface area contributed by atoms with E-state index in [1.807, 2.05) is 41.2 Å². The van der Waals surface area contributed by atoms with E-state index in [4.69, 9.17) is 5.73 Å². The van der Waals surface area contributed by atoms with Crippen LogP contribution < -0.4 is 11.1 Å². The third-order valence-corrected chi connectivity index (χ3v) is 4.38. The van der Waals surface area contributed by atoms with E-state index in [0.717, 1.165) is 38.2 Å². The summed E-state index contributed by atoms with van der Waals surface area (Å²) in [4.78, 5) is 14.5.